The third-order valence-corrected chi connectivity index (χ3v) is 6.07. The molecule has 1 amide bonds. The Morgan fingerprint density at radius 2 is 1.71 bits per heavy atom. The molecule has 0 aliphatic carbocycles. The van der Waals surface area contributed by atoms with E-state index in [0.29, 0.717) is 11.0 Å². The molecule has 1 heterocycles. The molecule has 0 atom stereocenters. The van der Waals surface area contributed by atoms with Crippen LogP contribution in [0, 0.1) is 6.92 Å². The van der Waals surface area contributed by atoms with Crippen molar-refractivity contribution in [3.8, 4) is 22.8 Å². The minimum Gasteiger partial charge on any atom is -0.497 e. The van der Waals surface area contributed by atoms with Crippen molar-refractivity contribution in [3.05, 3.63) is 90.0 Å². The summed E-state index contributed by atoms with van der Waals surface area (Å²) < 4.78 is 7.23. The SMILES string of the molecule is COc1ccc(-c2nnc(SCC(=O)N/N=C(\C)c3ccccc3)n2-c2ccc(C)cc2)cc1. The van der Waals surface area contributed by atoms with Gasteiger partial charge in [-0.05, 0) is 55.8 Å². The number of ether oxygens (including phenoxy) is 1. The molecule has 0 unspecified atom stereocenters. The maximum absolute atomic E-state index is 12.5. The molecular formula is C26H25N5O2S. The zero-order valence-electron chi connectivity index (χ0n) is 19.2. The van der Waals surface area contributed by atoms with Gasteiger partial charge in [0.1, 0.15) is 5.75 Å². The van der Waals surface area contributed by atoms with E-state index in [2.05, 4.69) is 20.7 Å². The summed E-state index contributed by atoms with van der Waals surface area (Å²) in [5.74, 6) is 1.39. The van der Waals surface area contributed by atoms with Crippen molar-refractivity contribution in [2.24, 2.45) is 5.10 Å². The number of hydrogen-bond acceptors (Lipinski definition) is 6. The molecule has 1 N–H and O–H groups in total. The van der Waals surface area contributed by atoms with Gasteiger partial charge in [0.15, 0.2) is 11.0 Å². The normalized spacial score (nSPS) is 11.3. The van der Waals surface area contributed by atoms with Crippen LogP contribution in [0.15, 0.2) is 89.1 Å². The number of hydrogen-bond donors (Lipinski definition) is 1. The van der Waals surface area contributed by atoms with E-state index >= 15 is 0 Å². The Morgan fingerprint density at radius 1 is 1.00 bits per heavy atom. The van der Waals surface area contributed by atoms with Gasteiger partial charge in [-0.15, -0.1) is 10.2 Å². The van der Waals surface area contributed by atoms with Gasteiger partial charge in [0.2, 0.25) is 0 Å². The lowest BCUT2D eigenvalue weighted by Crippen LogP contribution is -2.21. The molecule has 7 nitrogen and oxygen atoms in total. The fraction of sp³-hybridized carbons (Fsp3) is 0.154. The zero-order valence-corrected chi connectivity index (χ0v) is 20.0. The summed E-state index contributed by atoms with van der Waals surface area (Å²) >= 11 is 1.31. The van der Waals surface area contributed by atoms with Gasteiger partial charge in [-0.2, -0.15) is 5.10 Å². The number of benzene rings is 3. The maximum Gasteiger partial charge on any atom is 0.250 e. The number of thioether (sulfide) groups is 1. The fourth-order valence-corrected chi connectivity index (χ4v) is 4.01. The van der Waals surface area contributed by atoms with Crippen LogP contribution < -0.4 is 10.2 Å². The van der Waals surface area contributed by atoms with Crippen molar-refractivity contribution >= 4 is 23.4 Å². The van der Waals surface area contributed by atoms with Gasteiger partial charge >= 0.3 is 0 Å². The van der Waals surface area contributed by atoms with Gasteiger partial charge in [-0.25, -0.2) is 5.43 Å². The van der Waals surface area contributed by atoms with Crippen LogP contribution in [0.3, 0.4) is 0 Å². The van der Waals surface area contributed by atoms with Crippen LogP contribution >= 0.6 is 11.8 Å². The lowest BCUT2D eigenvalue weighted by molar-refractivity contribution is -0.118. The Bertz CT molecular complexity index is 1280. The molecule has 3 aromatic carbocycles. The molecule has 1 aromatic heterocycles. The number of nitrogens with zero attached hydrogens (tertiary/aromatic N) is 4. The van der Waals surface area contributed by atoms with E-state index in [1.165, 1.54) is 11.8 Å². The molecule has 0 aliphatic rings. The number of methoxy groups -OCH3 is 1. The number of aromatic nitrogens is 3. The summed E-state index contributed by atoms with van der Waals surface area (Å²) in [5, 5.41) is 13.6. The Labute approximate surface area is 202 Å². The Morgan fingerprint density at radius 3 is 2.38 bits per heavy atom. The van der Waals surface area contributed by atoms with Gasteiger partial charge < -0.3 is 4.74 Å². The molecule has 172 valence electrons. The van der Waals surface area contributed by atoms with Crippen molar-refractivity contribution in [2.45, 2.75) is 19.0 Å². The standard InChI is InChI=1S/C26H25N5O2S/c1-18-9-13-22(14-10-18)31-25(21-11-15-23(33-3)16-12-21)29-30-26(31)34-17-24(32)28-27-19(2)20-7-5-4-6-8-20/h4-16H,17H2,1-3H3,(H,28,32)/b27-19+. The Balaban J connectivity index is 1.54. The largest absolute Gasteiger partial charge is 0.497 e. The number of carbonyl (C=O) groups is 1. The highest BCUT2D eigenvalue weighted by Crippen LogP contribution is 2.29. The monoisotopic (exact) mass is 471 g/mol. The molecule has 0 aliphatic heterocycles. The number of carbonyl (C=O) groups excluding carboxylic acids is 1. The van der Waals surface area contributed by atoms with Crippen molar-refractivity contribution < 1.29 is 9.53 Å². The molecular weight excluding hydrogens is 446 g/mol. The summed E-state index contributed by atoms with van der Waals surface area (Å²) in [5.41, 5.74) is 7.29. The Hall–Kier alpha value is -3.91. The second-order valence-corrected chi connectivity index (χ2v) is 8.54. The first-order valence-electron chi connectivity index (χ1n) is 10.7. The highest BCUT2D eigenvalue weighted by atomic mass is 32.2. The number of aryl methyl sites for hydroxylation is 1. The summed E-state index contributed by atoms with van der Waals surface area (Å²) in [7, 11) is 1.63. The number of hydrazone groups is 1. The van der Waals surface area contributed by atoms with Crippen molar-refractivity contribution in [1.82, 2.24) is 20.2 Å². The molecule has 0 radical (unpaired) electrons. The Kier molecular flexibility index (Phi) is 7.39. The van der Waals surface area contributed by atoms with Crippen LogP contribution in [0.4, 0.5) is 0 Å². The van der Waals surface area contributed by atoms with Crippen LogP contribution in [0.1, 0.15) is 18.1 Å². The summed E-state index contributed by atoms with van der Waals surface area (Å²) in [6.07, 6.45) is 0. The average Bonchev–Trinajstić information content (AvgIpc) is 3.31. The second-order valence-electron chi connectivity index (χ2n) is 7.59. The van der Waals surface area contributed by atoms with Crippen LogP contribution in [-0.2, 0) is 4.79 Å². The number of amides is 1. The van der Waals surface area contributed by atoms with E-state index < -0.39 is 0 Å². The molecule has 0 fully saturated rings. The maximum atomic E-state index is 12.5. The minimum atomic E-state index is -0.218. The highest BCUT2D eigenvalue weighted by molar-refractivity contribution is 7.99. The number of nitrogens with one attached hydrogen (secondary N) is 1. The van der Waals surface area contributed by atoms with Crippen LogP contribution in [-0.4, -0.2) is 39.2 Å². The first-order valence-corrected chi connectivity index (χ1v) is 11.7. The predicted molar refractivity (Wildman–Crippen MR) is 136 cm³/mol. The third kappa shape index (κ3) is 5.52. The van der Waals surface area contributed by atoms with E-state index in [9.17, 15) is 4.79 Å². The predicted octanol–water partition coefficient (Wildman–Crippen LogP) is 4.88. The van der Waals surface area contributed by atoms with E-state index in [4.69, 9.17) is 4.74 Å². The summed E-state index contributed by atoms with van der Waals surface area (Å²) in [6, 6.07) is 25.5. The molecule has 34 heavy (non-hydrogen) atoms. The van der Waals surface area contributed by atoms with E-state index in [-0.39, 0.29) is 11.7 Å². The second kappa shape index (κ2) is 10.8. The molecule has 4 rings (SSSR count). The third-order valence-electron chi connectivity index (χ3n) is 5.15. The molecule has 0 saturated heterocycles. The fourth-order valence-electron chi connectivity index (χ4n) is 3.27. The first kappa shape index (κ1) is 23.3. The highest BCUT2D eigenvalue weighted by Gasteiger charge is 2.17. The van der Waals surface area contributed by atoms with Gasteiger partial charge in [0.25, 0.3) is 5.91 Å². The molecule has 0 spiro atoms. The van der Waals surface area contributed by atoms with Gasteiger partial charge in [0, 0.05) is 11.3 Å². The topological polar surface area (TPSA) is 81.4 Å². The summed E-state index contributed by atoms with van der Waals surface area (Å²) in [6.45, 7) is 3.90. The minimum absolute atomic E-state index is 0.151. The lowest BCUT2D eigenvalue weighted by Gasteiger charge is -2.11. The van der Waals surface area contributed by atoms with Gasteiger partial charge in [-0.3, -0.25) is 9.36 Å². The van der Waals surface area contributed by atoms with Crippen LogP contribution in [0.2, 0.25) is 0 Å². The quantitative estimate of drug-likeness (QED) is 0.225. The van der Waals surface area contributed by atoms with Gasteiger partial charge in [0.05, 0.1) is 18.6 Å². The molecule has 8 heteroatoms. The van der Waals surface area contributed by atoms with Crippen molar-refractivity contribution in [1.29, 1.82) is 0 Å². The van der Waals surface area contributed by atoms with E-state index in [1.807, 2.05) is 97.3 Å². The molecule has 0 saturated carbocycles. The van der Waals surface area contributed by atoms with Crippen LogP contribution in [0.5, 0.6) is 5.75 Å². The molecule has 4 aromatic rings. The average molecular weight is 472 g/mol. The van der Waals surface area contributed by atoms with Crippen LogP contribution in [0.25, 0.3) is 17.1 Å². The smallest absolute Gasteiger partial charge is 0.250 e. The van der Waals surface area contributed by atoms with E-state index in [1.54, 1.807) is 7.11 Å². The van der Waals surface area contributed by atoms with Crippen molar-refractivity contribution in [3.63, 3.8) is 0 Å². The van der Waals surface area contributed by atoms with E-state index in [0.717, 1.165) is 33.8 Å². The summed E-state index contributed by atoms with van der Waals surface area (Å²) in [4.78, 5) is 12.5. The zero-order chi connectivity index (χ0) is 23.9. The first-order chi connectivity index (χ1) is 16.5. The van der Waals surface area contributed by atoms with Gasteiger partial charge in [-0.1, -0.05) is 59.8 Å². The van der Waals surface area contributed by atoms with Crippen molar-refractivity contribution in [2.75, 3.05) is 12.9 Å². The number of rotatable bonds is 8. The lowest BCUT2D eigenvalue weighted by atomic mass is 10.1. The molecule has 0 bridgehead atoms.